The van der Waals surface area contributed by atoms with Gasteiger partial charge in [0, 0.05) is 30.8 Å². The van der Waals surface area contributed by atoms with E-state index < -0.39 is 24.6 Å². The Morgan fingerprint density at radius 1 is 1.19 bits per heavy atom. The summed E-state index contributed by atoms with van der Waals surface area (Å²) in [4.78, 5) is 30.2. The number of nitrogens with zero attached hydrogens (tertiary/aromatic N) is 2. The third kappa shape index (κ3) is 5.56. The average molecular weight is 439 g/mol. The lowest BCUT2D eigenvalue weighted by Crippen LogP contribution is -2.28. The van der Waals surface area contributed by atoms with Gasteiger partial charge in [-0.15, -0.1) is 0 Å². The molecule has 1 N–H and O–H groups in total. The summed E-state index contributed by atoms with van der Waals surface area (Å²) in [5.41, 5.74) is 0.854. The Hall–Kier alpha value is -3.50. The second-order valence-corrected chi connectivity index (χ2v) is 6.72. The van der Waals surface area contributed by atoms with E-state index in [4.69, 9.17) is 9.47 Å². The molecule has 1 fully saturated rings. The first-order valence-corrected chi connectivity index (χ1v) is 9.19. The van der Waals surface area contributed by atoms with Gasteiger partial charge >= 0.3 is 6.18 Å². The highest BCUT2D eigenvalue weighted by atomic mass is 19.4. The molecule has 0 bridgehead atoms. The van der Waals surface area contributed by atoms with Crippen molar-refractivity contribution in [1.29, 1.82) is 0 Å². The zero-order valence-electron chi connectivity index (χ0n) is 16.7. The molecule has 0 spiro atoms. The monoisotopic (exact) mass is 439 g/mol. The minimum atomic E-state index is -4.47. The van der Waals surface area contributed by atoms with Crippen molar-refractivity contribution in [2.75, 3.05) is 37.6 Å². The molecular formula is C20H20F3N3O5. The van der Waals surface area contributed by atoms with Crippen LogP contribution in [0.2, 0.25) is 0 Å². The summed E-state index contributed by atoms with van der Waals surface area (Å²) in [5, 5.41) is 2.61. The van der Waals surface area contributed by atoms with E-state index in [1.807, 2.05) is 0 Å². The van der Waals surface area contributed by atoms with Crippen LogP contribution in [0.3, 0.4) is 0 Å². The lowest BCUT2D eigenvalue weighted by molar-refractivity contribution is -0.154. The number of carbonyl (C=O) groups excluding carboxylic acids is 2. The van der Waals surface area contributed by atoms with Gasteiger partial charge in [-0.25, -0.2) is 4.98 Å². The van der Waals surface area contributed by atoms with E-state index in [2.05, 4.69) is 15.0 Å². The second kappa shape index (κ2) is 9.11. The molecule has 8 nitrogen and oxygen atoms in total. The van der Waals surface area contributed by atoms with Gasteiger partial charge in [0.2, 0.25) is 17.7 Å². The van der Waals surface area contributed by atoms with Crippen LogP contribution in [0.4, 0.5) is 24.5 Å². The highest BCUT2D eigenvalue weighted by Crippen LogP contribution is 2.34. The lowest BCUT2D eigenvalue weighted by Gasteiger charge is -2.18. The van der Waals surface area contributed by atoms with Crippen LogP contribution < -0.4 is 24.4 Å². The van der Waals surface area contributed by atoms with E-state index in [1.165, 1.54) is 37.4 Å². The Morgan fingerprint density at radius 3 is 2.55 bits per heavy atom. The standard InChI is InChI=1S/C20H20F3N3O5/c1-29-15-5-4-14(8-16(15)30-2)26-10-12(7-18(26)27)19(28)25-13-3-6-17(24-9-13)31-11-20(21,22)23/h3-6,8-9,12H,7,10-11H2,1-2H3,(H,25,28). The molecule has 1 aromatic heterocycles. The van der Waals surface area contributed by atoms with Crippen LogP contribution >= 0.6 is 0 Å². The maximum absolute atomic E-state index is 12.6. The fraction of sp³-hybridized carbons (Fsp3) is 0.350. The Balaban J connectivity index is 1.61. The number of rotatable bonds is 7. The number of hydrogen-bond donors (Lipinski definition) is 1. The van der Waals surface area contributed by atoms with Gasteiger partial charge in [0.1, 0.15) is 0 Å². The van der Waals surface area contributed by atoms with Crippen LogP contribution in [-0.2, 0) is 9.59 Å². The number of ether oxygens (including phenoxy) is 3. The summed E-state index contributed by atoms with van der Waals surface area (Å²) in [7, 11) is 2.99. The number of aromatic nitrogens is 1. The van der Waals surface area contributed by atoms with Crippen LogP contribution in [0.25, 0.3) is 0 Å². The largest absolute Gasteiger partial charge is 0.493 e. The lowest BCUT2D eigenvalue weighted by atomic mass is 10.1. The molecule has 1 aliphatic rings. The van der Waals surface area contributed by atoms with Gasteiger partial charge in [0.05, 0.1) is 32.0 Å². The number of pyridine rings is 1. The number of methoxy groups -OCH3 is 2. The fourth-order valence-corrected chi connectivity index (χ4v) is 3.07. The minimum Gasteiger partial charge on any atom is -0.493 e. The third-order valence-electron chi connectivity index (χ3n) is 4.56. The van der Waals surface area contributed by atoms with Crippen molar-refractivity contribution in [2.45, 2.75) is 12.6 Å². The maximum atomic E-state index is 12.6. The van der Waals surface area contributed by atoms with Crippen molar-refractivity contribution in [3.8, 4) is 17.4 Å². The minimum absolute atomic E-state index is 0.0143. The van der Waals surface area contributed by atoms with Gasteiger partial charge in [-0.05, 0) is 18.2 Å². The Labute approximate surface area is 175 Å². The smallest absolute Gasteiger partial charge is 0.422 e. The van der Waals surface area contributed by atoms with Crippen LogP contribution in [0, 0.1) is 5.92 Å². The van der Waals surface area contributed by atoms with Gasteiger partial charge in [-0.2, -0.15) is 13.2 Å². The molecule has 1 saturated heterocycles. The molecule has 0 saturated carbocycles. The Morgan fingerprint density at radius 2 is 1.94 bits per heavy atom. The maximum Gasteiger partial charge on any atom is 0.422 e. The van der Waals surface area contributed by atoms with Gasteiger partial charge in [-0.1, -0.05) is 0 Å². The molecular weight excluding hydrogens is 419 g/mol. The van der Waals surface area contributed by atoms with E-state index in [0.29, 0.717) is 17.2 Å². The summed E-state index contributed by atoms with van der Waals surface area (Å²) in [6.07, 6.45) is -3.27. The molecule has 1 unspecified atom stereocenters. The van der Waals surface area contributed by atoms with E-state index >= 15 is 0 Å². The van der Waals surface area contributed by atoms with Crippen molar-refractivity contribution in [1.82, 2.24) is 4.98 Å². The zero-order chi connectivity index (χ0) is 22.6. The SMILES string of the molecule is COc1ccc(N2CC(C(=O)Nc3ccc(OCC(F)(F)F)nc3)CC2=O)cc1OC. The first-order valence-electron chi connectivity index (χ1n) is 9.19. The Kier molecular flexibility index (Phi) is 6.52. The van der Waals surface area contributed by atoms with Crippen LogP contribution in [-0.4, -0.2) is 50.3 Å². The van der Waals surface area contributed by atoms with Crippen molar-refractivity contribution in [3.05, 3.63) is 36.5 Å². The number of amides is 2. The molecule has 0 aliphatic carbocycles. The van der Waals surface area contributed by atoms with E-state index in [9.17, 15) is 22.8 Å². The topological polar surface area (TPSA) is 90.0 Å². The summed E-state index contributed by atoms with van der Waals surface area (Å²) in [6.45, 7) is -1.29. The molecule has 0 radical (unpaired) electrons. The average Bonchev–Trinajstić information content (AvgIpc) is 3.14. The number of anilines is 2. The van der Waals surface area contributed by atoms with Gasteiger partial charge < -0.3 is 24.4 Å². The highest BCUT2D eigenvalue weighted by Gasteiger charge is 2.35. The number of halogens is 3. The second-order valence-electron chi connectivity index (χ2n) is 6.72. The molecule has 2 heterocycles. The molecule has 1 aromatic carbocycles. The predicted octanol–water partition coefficient (Wildman–Crippen LogP) is 3.03. The number of carbonyl (C=O) groups is 2. The van der Waals surface area contributed by atoms with E-state index in [1.54, 1.807) is 18.2 Å². The zero-order valence-corrected chi connectivity index (χ0v) is 16.7. The quantitative estimate of drug-likeness (QED) is 0.714. The highest BCUT2D eigenvalue weighted by molar-refractivity contribution is 6.03. The third-order valence-corrected chi connectivity index (χ3v) is 4.56. The van der Waals surface area contributed by atoms with Gasteiger partial charge in [0.25, 0.3) is 0 Å². The first kappa shape index (κ1) is 22.2. The number of nitrogens with one attached hydrogen (secondary N) is 1. The van der Waals surface area contributed by atoms with E-state index in [0.717, 1.165) is 0 Å². The number of benzene rings is 1. The van der Waals surface area contributed by atoms with Crippen LogP contribution in [0.5, 0.6) is 17.4 Å². The predicted molar refractivity (Wildman–Crippen MR) is 104 cm³/mol. The van der Waals surface area contributed by atoms with Crippen molar-refractivity contribution >= 4 is 23.2 Å². The number of hydrogen-bond acceptors (Lipinski definition) is 6. The normalized spacial score (nSPS) is 16.2. The molecule has 1 aliphatic heterocycles. The molecule has 2 aromatic rings. The molecule has 3 rings (SSSR count). The van der Waals surface area contributed by atoms with Crippen LogP contribution in [0.1, 0.15) is 6.42 Å². The van der Waals surface area contributed by atoms with Crippen molar-refractivity contribution in [3.63, 3.8) is 0 Å². The number of alkyl halides is 3. The van der Waals surface area contributed by atoms with Crippen molar-refractivity contribution < 1.29 is 37.0 Å². The van der Waals surface area contributed by atoms with Crippen molar-refractivity contribution in [2.24, 2.45) is 5.92 Å². The summed E-state index contributed by atoms with van der Waals surface area (Å²) < 4.78 is 51.5. The summed E-state index contributed by atoms with van der Waals surface area (Å²) in [5.74, 6) is -0.474. The molecule has 11 heteroatoms. The fourth-order valence-electron chi connectivity index (χ4n) is 3.07. The van der Waals surface area contributed by atoms with E-state index in [-0.39, 0.29) is 30.4 Å². The summed E-state index contributed by atoms with van der Waals surface area (Å²) in [6, 6.07) is 7.61. The summed E-state index contributed by atoms with van der Waals surface area (Å²) >= 11 is 0. The van der Waals surface area contributed by atoms with Gasteiger partial charge in [-0.3, -0.25) is 9.59 Å². The molecule has 2 amide bonds. The van der Waals surface area contributed by atoms with Crippen LogP contribution in [0.15, 0.2) is 36.5 Å². The van der Waals surface area contributed by atoms with Gasteiger partial charge in [0.15, 0.2) is 18.1 Å². The Bertz CT molecular complexity index is 950. The first-order chi connectivity index (χ1) is 14.7. The molecule has 31 heavy (non-hydrogen) atoms. The molecule has 1 atom stereocenters. The molecule has 166 valence electrons.